The molecule has 1 N–H and O–H groups in total. The van der Waals surface area contributed by atoms with Crippen LogP contribution in [0.15, 0.2) is 42.5 Å². The lowest BCUT2D eigenvalue weighted by atomic mass is 9.97. The Morgan fingerprint density at radius 2 is 1.63 bits per heavy atom. The minimum absolute atomic E-state index is 0.167. The van der Waals surface area contributed by atoms with E-state index in [1.165, 1.54) is 30.3 Å². The van der Waals surface area contributed by atoms with Gasteiger partial charge in [-0.25, -0.2) is 4.39 Å². The molecule has 2 aromatic carbocycles. The first-order chi connectivity index (χ1) is 8.93. The molecule has 0 unspecified atom stereocenters. The summed E-state index contributed by atoms with van der Waals surface area (Å²) in [5.74, 6) is -0.756. The molecule has 0 saturated heterocycles. The van der Waals surface area contributed by atoms with Crippen molar-refractivity contribution in [3.8, 4) is 11.1 Å². The number of hydrogen-bond donors (Lipinski definition) is 1. The van der Waals surface area contributed by atoms with E-state index in [-0.39, 0.29) is 17.7 Å². The molecule has 0 aliphatic heterocycles. The van der Waals surface area contributed by atoms with Crippen LogP contribution in [0.2, 0.25) is 0 Å². The fourth-order valence-corrected chi connectivity index (χ4v) is 1.84. The molecule has 0 saturated carbocycles. The monoisotopic (exact) mass is 270 g/mol. The van der Waals surface area contributed by atoms with Crippen molar-refractivity contribution < 1.29 is 22.7 Å². The van der Waals surface area contributed by atoms with Gasteiger partial charge in [-0.1, -0.05) is 24.3 Å². The van der Waals surface area contributed by atoms with E-state index in [9.17, 15) is 17.6 Å². The smallest absolute Gasteiger partial charge is 0.392 e. The molecule has 0 aromatic heterocycles. The largest absolute Gasteiger partial charge is 0.417 e. The Kier molecular flexibility index (Phi) is 3.57. The van der Waals surface area contributed by atoms with E-state index < -0.39 is 17.6 Å². The summed E-state index contributed by atoms with van der Waals surface area (Å²) in [6.07, 6.45) is -4.56. The molecule has 0 aliphatic carbocycles. The van der Waals surface area contributed by atoms with E-state index in [1.807, 2.05) is 0 Å². The van der Waals surface area contributed by atoms with Crippen molar-refractivity contribution in [3.63, 3.8) is 0 Å². The summed E-state index contributed by atoms with van der Waals surface area (Å²) in [6.45, 7) is -0.360. The molecular weight excluding hydrogens is 260 g/mol. The molecule has 0 spiro atoms. The molecule has 5 heteroatoms. The third kappa shape index (κ3) is 2.76. The van der Waals surface area contributed by atoms with Crippen LogP contribution >= 0.6 is 0 Å². The minimum Gasteiger partial charge on any atom is -0.392 e. The zero-order valence-corrected chi connectivity index (χ0v) is 9.71. The summed E-state index contributed by atoms with van der Waals surface area (Å²) in [7, 11) is 0. The van der Waals surface area contributed by atoms with Gasteiger partial charge in [-0.05, 0) is 29.3 Å². The number of alkyl halides is 3. The molecule has 2 aromatic rings. The SMILES string of the molecule is OCc1ccc(F)c(-c2ccccc2C(F)(F)F)c1. The van der Waals surface area contributed by atoms with Gasteiger partial charge in [0.1, 0.15) is 5.82 Å². The van der Waals surface area contributed by atoms with Crippen molar-refractivity contribution in [2.24, 2.45) is 0 Å². The second kappa shape index (κ2) is 5.01. The van der Waals surface area contributed by atoms with Crippen molar-refractivity contribution in [1.29, 1.82) is 0 Å². The third-order valence-electron chi connectivity index (χ3n) is 2.74. The van der Waals surface area contributed by atoms with Crippen LogP contribution in [0.3, 0.4) is 0 Å². The summed E-state index contributed by atoms with van der Waals surface area (Å²) in [5, 5.41) is 8.98. The van der Waals surface area contributed by atoms with Gasteiger partial charge in [-0.15, -0.1) is 0 Å². The van der Waals surface area contributed by atoms with Crippen LogP contribution < -0.4 is 0 Å². The summed E-state index contributed by atoms with van der Waals surface area (Å²) in [6, 6.07) is 8.38. The van der Waals surface area contributed by atoms with Crippen LogP contribution in [0.25, 0.3) is 11.1 Å². The highest BCUT2D eigenvalue weighted by Gasteiger charge is 2.33. The topological polar surface area (TPSA) is 20.2 Å². The quantitative estimate of drug-likeness (QED) is 0.818. The number of benzene rings is 2. The number of hydrogen-bond acceptors (Lipinski definition) is 1. The van der Waals surface area contributed by atoms with E-state index in [0.29, 0.717) is 5.56 Å². The lowest BCUT2D eigenvalue weighted by Crippen LogP contribution is -2.07. The molecule has 0 aliphatic rings. The lowest BCUT2D eigenvalue weighted by molar-refractivity contribution is -0.137. The predicted molar refractivity (Wildman–Crippen MR) is 62.8 cm³/mol. The normalized spacial score (nSPS) is 11.6. The maximum atomic E-state index is 13.7. The molecule has 0 amide bonds. The van der Waals surface area contributed by atoms with Gasteiger partial charge in [0.2, 0.25) is 0 Å². The summed E-state index contributed by atoms with van der Waals surface area (Å²) >= 11 is 0. The Morgan fingerprint density at radius 3 is 2.26 bits per heavy atom. The van der Waals surface area contributed by atoms with Crippen LogP contribution in [0.1, 0.15) is 11.1 Å². The van der Waals surface area contributed by atoms with Gasteiger partial charge in [-0.2, -0.15) is 13.2 Å². The van der Waals surface area contributed by atoms with E-state index in [4.69, 9.17) is 5.11 Å². The van der Waals surface area contributed by atoms with Crippen LogP contribution in [0.5, 0.6) is 0 Å². The number of aliphatic hydroxyl groups is 1. The summed E-state index contributed by atoms with van der Waals surface area (Å²) in [4.78, 5) is 0. The van der Waals surface area contributed by atoms with Gasteiger partial charge >= 0.3 is 6.18 Å². The lowest BCUT2D eigenvalue weighted by Gasteiger charge is -2.14. The fourth-order valence-electron chi connectivity index (χ4n) is 1.84. The first kappa shape index (κ1) is 13.5. The van der Waals surface area contributed by atoms with E-state index in [0.717, 1.165) is 12.1 Å². The number of aliphatic hydroxyl groups excluding tert-OH is 1. The fraction of sp³-hybridized carbons (Fsp3) is 0.143. The van der Waals surface area contributed by atoms with E-state index in [1.54, 1.807) is 0 Å². The minimum atomic E-state index is -4.56. The first-order valence-electron chi connectivity index (χ1n) is 5.49. The van der Waals surface area contributed by atoms with Crippen molar-refractivity contribution in [1.82, 2.24) is 0 Å². The van der Waals surface area contributed by atoms with Crippen molar-refractivity contribution >= 4 is 0 Å². The molecule has 2 rings (SSSR count). The Balaban J connectivity index is 2.65. The molecule has 0 heterocycles. The maximum absolute atomic E-state index is 13.7. The Bertz CT molecular complexity index is 590. The van der Waals surface area contributed by atoms with E-state index in [2.05, 4.69) is 0 Å². The Morgan fingerprint density at radius 1 is 0.947 bits per heavy atom. The zero-order valence-electron chi connectivity index (χ0n) is 9.71. The molecular formula is C14H10F4O. The molecule has 0 fully saturated rings. The maximum Gasteiger partial charge on any atom is 0.417 e. The highest BCUT2D eigenvalue weighted by atomic mass is 19.4. The molecule has 19 heavy (non-hydrogen) atoms. The van der Waals surface area contributed by atoms with Gasteiger partial charge in [0, 0.05) is 5.56 Å². The van der Waals surface area contributed by atoms with Crippen LogP contribution in [-0.2, 0) is 12.8 Å². The van der Waals surface area contributed by atoms with Crippen molar-refractivity contribution in [2.45, 2.75) is 12.8 Å². The first-order valence-corrected chi connectivity index (χ1v) is 5.49. The average molecular weight is 270 g/mol. The van der Waals surface area contributed by atoms with Gasteiger partial charge in [0.15, 0.2) is 0 Å². The molecule has 1 nitrogen and oxygen atoms in total. The second-order valence-electron chi connectivity index (χ2n) is 4.02. The standard InChI is InChI=1S/C14H10F4O/c15-13-6-5-9(8-19)7-11(13)10-3-1-2-4-12(10)14(16,17)18/h1-7,19H,8H2. The molecule has 0 radical (unpaired) electrons. The molecule has 100 valence electrons. The average Bonchev–Trinajstić information content (AvgIpc) is 2.38. The van der Waals surface area contributed by atoms with Gasteiger partial charge in [-0.3, -0.25) is 0 Å². The predicted octanol–water partition coefficient (Wildman–Crippen LogP) is 4.00. The second-order valence-corrected chi connectivity index (χ2v) is 4.02. The van der Waals surface area contributed by atoms with Gasteiger partial charge in [0.25, 0.3) is 0 Å². The highest BCUT2D eigenvalue weighted by Crippen LogP contribution is 2.37. The summed E-state index contributed by atoms with van der Waals surface area (Å²) in [5.41, 5.74) is -0.945. The highest BCUT2D eigenvalue weighted by molar-refractivity contribution is 5.69. The van der Waals surface area contributed by atoms with Gasteiger partial charge in [0.05, 0.1) is 12.2 Å². The van der Waals surface area contributed by atoms with Crippen molar-refractivity contribution in [2.75, 3.05) is 0 Å². The Hall–Kier alpha value is -1.88. The molecule has 0 bridgehead atoms. The van der Waals surface area contributed by atoms with Gasteiger partial charge < -0.3 is 5.11 Å². The number of halogens is 4. The zero-order chi connectivity index (χ0) is 14.0. The Labute approximate surface area is 107 Å². The summed E-state index contributed by atoms with van der Waals surface area (Å²) < 4.78 is 52.3. The van der Waals surface area contributed by atoms with Crippen LogP contribution in [0, 0.1) is 5.82 Å². The third-order valence-corrected chi connectivity index (χ3v) is 2.74. The number of rotatable bonds is 2. The van der Waals surface area contributed by atoms with E-state index >= 15 is 0 Å². The van der Waals surface area contributed by atoms with Crippen LogP contribution in [-0.4, -0.2) is 5.11 Å². The van der Waals surface area contributed by atoms with Crippen LogP contribution in [0.4, 0.5) is 17.6 Å². The van der Waals surface area contributed by atoms with Crippen molar-refractivity contribution in [3.05, 3.63) is 59.4 Å². The molecule has 0 atom stereocenters.